The molecule has 6 heterocycles. The summed E-state index contributed by atoms with van der Waals surface area (Å²) in [5, 5.41) is 23.9. The van der Waals surface area contributed by atoms with E-state index >= 15 is 0 Å². The third-order valence-corrected chi connectivity index (χ3v) is 10.4. The molecule has 0 fully saturated rings. The fourth-order valence-corrected chi connectivity index (χ4v) is 6.85. The molecule has 0 saturated heterocycles. The quantitative estimate of drug-likeness (QED) is 0.0572. The van der Waals surface area contributed by atoms with Gasteiger partial charge in [0.15, 0.2) is 22.9 Å². The van der Waals surface area contributed by atoms with Crippen LogP contribution < -0.4 is 21.3 Å². The summed E-state index contributed by atoms with van der Waals surface area (Å²) in [6, 6.07) is 18.5. The molecule has 0 saturated carbocycles. The predicted octanol–water partition coefficient (Wildman–Crippen LogP) is 8.68. The van der Waals surface area contributed by atoms with Crippen LogP contribution in [-0.4, -0.2) is 128 Å². The van der Waals surface area contributed by atoms with Gasteiger partial charge in [-0.15, -0.1) is 0 Å². The first-order valence-electron chi connectivity index (χ1n) is 21.0. The normalized spacial score (nSPS) is 11.1. The van der Waals surface area contributed by atoms with Crippen molar-refractivity contribution in [1.29, 1.82) is 0 Å². The number of nitrogens with zero attached hydrogens (tertiary/aromatic N) is 10. The number of methoxy groups -OCH3 is 1. The Morgan fingerprint density at radius 3 is 1.51 bits per heavy atom. The fourth-order valence-electron chi connectivity index (χ4n) is 6.51. The number of aromatic nitrogens is 8. The van der Waals surface area contributed by atoms with Crippen molar-refractivity contribution in [2.75, 3.05) is 82.7 Å². The number of pyridine rings is 4. The van der Waals surface area contributed by atoms with E-state index < -0.39 is 23.6 Å². The van der Waals surface area contributed by atoms with Crippen LogP contribution in [-0.2, 0) is 4.74 Å². The summed E-state index contributed by atoms with van der Waals surface area (Å²) in [6.45, 7) is 2.95. The Morgan fingerprint density at radius 2 is 1.07 bits per heavy atom. The van der Waals surface area contributed by atoms with E-state index in [9.17, 15) is 23.5 Å². The molecule has 0 atom stereocenters. The lowest BCUT2D eigenvalue weighted by Gasteiger charge is -2.14. The van der Waals surface area contributed by atoms with E-state index in [-0.39, 0.29) is 45.4 Å². The van der Waals surface area contributed by atoms with Crippen molar-refractivity contribution in [3.8, 4) is 22.8 Å². The van der Waals surface area contributed by atoms with Crippen LogP contribution >= 0.6 is 23.2 Å². The maximum atomic E-state index is 14.7. The number of esters is 1. The summed E-state index contributed by atoms with van der Waals surface area (Å²) in [5.41, 5.74) is 1.71. The lowest BCUT2D eigenvalue weighted by Crippen LogP contribution is -2.21. The van der Waals surface area contributed by atoms with Crippen LogP contribution in [0.3, 0.4) is 0 Å². The smallest absolute Gasteiger partial charge is 0.341 e. The number of ether oxygens (including phenoxy) is 1. The average molecular weight is 978 g/mol. The molecular formula is C47H44Cl2F2N14O4. The van der Waals surface area contributed by atoms with Crippen LogP contribution in [0.4, 0.5) is 43.4 Å². The molecule has 0 spiro atoms. The highest BCUT2D eigenvalue weighted by atomic mass is 35.5. The molecule has 0 aliphatic carbocycles. The summed E-state index contributed by atoms with van der Waals surface area (Å²) in [7, 11) is 9.18. The first kappa shape index (κ1) is 49.1. The lowest BCUT2D eigenvalue weighted by atomic mass is 10.2. The zero-order chi connectivity index (χ0) is 49.2. The molecule has 8 rings (SSSR count). The summed E-state index contributed by atoms with van der Waals surface area (Å²) in [6.07, 6.45) is 5.61. The standard InChI is InChI=1S/C24H23ClFN7O2.C23H21ClFN7O2/c1-33(2)11-10-28-20-7-5-15-21(29-19-8-9-27-13-17(19)24(34)35-3)31-23(32-22(15)30-20)16-12-14(25)4-6-18(16)26;1-32(2)10-9-27-19-6-4-14-20(28-18-7-8-26-12-16(18)23(33)34)30-22(31-21(14)29-19)15-11-13(24)3-5-17(15)25/h4-9,12-13H,10-11H2,1-3H3,(H2,27,28,29,30,31,32);3-8,11-12H,9-10H2,1-2H3,(H,33,34)(H2,26,27,28,29,30,31). The lowest BCUT2D eigenvalue weighted by molar-refractivity contribution is 0.0600. The second-order valence-corrected chi connectivity index (χ2v) is 16.4. The average Bonchev–Trinajstić information content (AvgIpc) is 3.32. The van der Waals surface area contributed by atoms with E-state index in [0.29, 0.717) is 68.3 Å². The molecular weight excluding hydrogens is 934 g/mol. The third-order valence-electron chi connectivity index (χ3n) is 9.97. The second-order valence-electron chi connectivity index (χ2n) is 15.5. The number of likely N-dealkylation sites (N-methyl/N-ethyl adjacent to an activating group) is 2. The number of anilines is 6. The fraction of sp³-hybridized carbons (Fsp3) is 0.191. The minimum atomic E-state index is -1.15. The van der Waals surface area contributed by atoms with Gasteiger partial charge in [-0.2, -0.15) is 0 Å². The zero-order valence-corrected chi connectivity index (χ0v) is 39.2. The largest absolute Gasteiger partial charge is 0.478 e. The highest BCUT2D eigenvalue weighted by molar-refractivity contribution is 6.31. The van der Waals surface area contributed by atoms with Gasteiger partial charge in [0, 0.05) is 61.0 Å². The number of aromatic carboxylic acids is 1. The second kappa shape index (κ2) is 22.3. The highest BCUT2D eigenvalue weighted by Crippen LogP contribution is 2.33. The molecule has 0 aliphatic rings. The van der Waals surface area contributed by atoms with E-state index in [2.05, 4.69) is 61.1 Å². The van der Waals surface area contributed by atoms with Crippen molar-refractivity contribution in [3.05, 3.63) is 130 Å². The molecule has 69 heavy (non-hydrogen) atoms. The molecule has 6 aromatic heterocycles. The number of carbonyl (C=O) groups is 2. The number of nitrogens with one attached hydrogen (secondary N) is 4. The predicted molar refractivity (Wildman–Crippen MR) is 263 cm³/mol. The number of rotatable bonds is 16. The number of halogens is 4. The van der Waals surface area contributed by atoms with Crippen LogP contribution in [0, 0.1) is 11.6 Å². The third kappa shape index (κ3) is 12.4. The van der Waals surface area contributed by atoms with Crippen LogP contribution in [0.2, 0.25) is 10.0 Å². The number of fused-ring (bicyclic) bond motifs is 2. The maximum Gasteiger partial charge on any atom is 0.341 e. The van der Waals surface area contributed by atoms with Gasteiger partial charge < -0.3 is 40.9 Å². The van der Waals surface area contributed by atoms with Crippen molar-refractivity contribution >= 4 is 91.9 Å². The Kier molecular flexibility index (Phi) is 15.9. The molecule has 22 heteroatoms. The van der Waals surface area contributed by atoms with Crippen LogP contribution in [0.25, 0.3) is 44.8 Å². The summed E-state index contributed by atoms with van der Waals surface area (Å²) in [4.78, 5) is 63.0. The van der Waals surface area contributed by atoms with Gasteiger partial charge in [-0.05, 0) is 101 Å². The molecule has 5 N–H and O–H groups in total. The van der Waals surface area contributed by atoms with Gasteiger partial charge in [-0.1, -0.05) is 23.2 Å². The molecule has 0 unspecified atom stereocenters. The van der Waals surface area contributed by atoms with Gasteiger partial charge in [-0.3, -0.25) is 9.97 Å². The number of carboxylic acid groups (broad SMARTS) is 1. The Labute approximate surface area is 404 Å². The van der Waals surface area contributed by atoms with Gasteiger partial charge in [0.2, 0.25) is 0 Å². The van der Waals surface area contributed by atoms with Crippen LogP contribution in [0.5, 0.6) is 0 Å². The topological polar surface area (TPSA) is 221 Å². The number of hydrogen-bond donors (Lipinski definition) is 5. The van der Waals surface area contributed by atoms with Gasteiger partial charge in [0.1, 0.15) is 46.0 Å². The van der Waals surface area contributed by atoms with Gasteiger partial charge in [0.25, 0.3) is 0 Å². The minimum Gasteiger partial charge on any atom is -0.478 e. The van der Waals surface area contributed by atoms with Gasteiger partial charge in [0.05, 0.1) is 40.4 Å². The zero-order valence-electron chi connectivity index (χ0n) is 37.7. The van der Waals surface area contributed by atoms with Crippen molar-refractivity contribution in [1.82, 2.24) is 49.7 Å². The molecule has 2 aromatic carbocycles. The highest BCUT2D eigenvalue weighted by Gasteiger charge is 2.20. The van der Waals surface area contributed by atoms with E-state index in [1.165, 1.54) is 74.4 Å². The van der Waals surface area contributed by atoms with Crippen molar-refractivity contribution in [3.63, 3.8) is 0 Å². The number of benzene rings is 2. The molecule has 18 nitrogen and oxygen atoms in total. The van der Waals surface area contributed by atoms with E-state index in [1.807, 2.05) is 38.0 Å². The monoisotopic (exact) mass is 976 g/mol. The Balaban J connectivity index is 0.000000204. The van der Waals surface area contributed by atoms with Crippen molar-refractivity contribution in [2.24, 2.45) is 0 Å². The first-order valence-corrected chi connectivity index (χ1v) is 21.7. The first-order chi connectivity index (χ1) is 33.2. The SMILES string of the molecule is CN(C)CCNc1ccc2c(Nc3ccncc3C(=O)O)nc(-c3cc(Cl)ccc3F)nc2n1.COC(=O)c1cnccc1Nc1nc(-c2cc(Cl)ccc2F)nc2nc(NCCN(C)C)ccc12. The molecule has 8 aromatic rings. The Morgan fingerprint density at radius 1 is 0.623 bits per heavy atom. The van der Waals surface area contributed by atoms with Gasteiger partial charge in [-0.25, -0.2) is 48.3 Å². The number of carboxylic acids is 1. The molecule has 0 radical (unpaired) electrons. The summed E-state index contributed by atoms with van der Waals surface area (Å²) >= 11 is 12.2. The Bertz CT molecular complexity index is 3170. The van der Waals surface area contributed by atoms with Crippen LogP contribution in [0.15, 0.2) is 97.6 Å². The Hall–Kier alpha value is -7.78. The van der Waals surface area contributed by atoms with E-state index in [4.69, 9.17) is 27.9 Å². The van der Waals surface area contributed by atoms with Crippen LogP contribution in [0.1, 0.15) is 20.7 Å². The number of hydrogen-bond acceptors (Lipinski definition) is 17. The van der Waals surface area contributed by atoms with Gasteiger partial charge >= 0.3 is 11.9 Å². The minimum absolute atomic E-state index is 0.0420. The van der Waals surface area contributed by atoms with E-state index in [0.717, 1.165) is 13.1 Å². The maximum absolute atomic E-state index is 14.7. The molecule has 354 valence electrons. The molecule has 0 aliphatic heterocycles. The molecule has 0 bridgehead atoms. The molecule has 0 amide bonds. The summed E-state index contributed by atoms with van der Waals surface area (Å²) < 4.78 is 34.2. The van der Waals surface area contributed by atoms with E-state index in [1.54, 1.807) is 30.3 Å². The van der Waals surface area contributed by atoms with Crippen molar-refractivity contribution < 1.29 is 28.2 Å². The van der Waals surface area contributed by atoms with Crippen molar-refractivity contribution in [2.45, 2.75) is 0 Å². The number of carbonyl (C=O) groups excluding carboxylic acids is 1. The summed E-state index contributed by atoms with van der Waals surface area (Å²) in [5.74, 6) is -0.860.